The Labute approximate surface area is 154 Å². The molecule has 0 radical (unpaired) electrons. The Morgan fingerprint density at radius 3 is 1.05 bits per heavy atom. The highest BCUT2D eigenvalue weighted by Crippen LogP contribution is 2.61. The van der Waals surface area contributed by atoms with Crippen molar-refractivity contribution in [3.05, 3.63) is 0 Å². The zero-order chi connectivity index (χ0) is 15.6. The van der Waals surface area contributed by atoms with Gasteiger partial charge in [0.05, 0.1) is 0 Å². The first-order valence-electron chi connectivity index (χ1n) is 10.2. The van der Waals surface area contributed by atoms with E-state index in [0.29, 0.717) is 7.92 Å². The maximum absolute atomic E-state index is 2.29. The second-order valence-corrected chi connectivity index (χ2v) is 12.2. The summed E-state index contributed by atoms with van der Waals surface area (Å²) in [7, 11) is 0.385. The van der Waals surface area contributed by atoms with Crippen LogP contribution in [0.4, 0.5) is 0 Å². The van der Waals surface area contributed by atoms with Crippen molar-refractivity contribution in [2.75, 3.05) is 4.43 Å². The van der Waals surface area contributed by atoms with E-state index in [1.165, 1.54) is 40.7 Å². The summed E-state index contributed by atoms with van der Waals surface area (Å²) >= 11 is 2.29. The number of alkyl halides is 1. The molecule has 3 aliphatic rings. The largest absolute Gasteiger partial charge is 0.0971 e. The molecule has 0 nitrogen and oxygen atoms in total. The zero-order valence-corrected chi connectivity index (χ0v) is 17.9. The molecule has 0 aromatic rings. The molecule has 3 rings (SSSR count). The molecule has 0 saturated heterocycles. The Morgan fingerprint density at radius 1 is 0.591 bits per heavy atom. The van der Waals surface area contributed by atoms with Crippen LogP contribution in [0.5, 0.6) is 0 Å². The maximum Gasteiger partial charge on any atom is -0.00332 e. The van der Waals surface area contributed by atoms with Crippen LogP contribution in [0, 0.1) is 0 Å². The molecule has 22 heavy (non-hydrogen) atoms. The van der Waals surface area contributed by atoms with Crippen molar-refractivity contribution in [1.29, 1.82) is 0 Å². The second kappa shape index (κ2) is 11.7. The van der Waals surface area contributed by atoms with Crippen molar-refractivity contribution in [3.63, 3.8) is 0 Å². The highest BCUT2D eigenvalue weighted by Gasteiger charge is 2.36. The Bertz CT molecular complexity index is 220. The van der Waals surface area contributed by atoms with Gasteiger partial charge in [-0.2, -0.15) is 0 Å². The van der Waals surface area contributed by atoms with Gasteiger partial charge in [0, 0.05) is 0 Å². The van der Waals surface area contributed by atoms with Gasteiger partial charge in [-0.25, -0.2) is 0 Å². The minimum absolute atomic E-state index is 0.385. The molecule has 0 N–H and O–H groups in total. The first kappa shape index (κ1) is 19.5. The van der Waals surface area contributed by atoms with Crippen molar-refractivity contribution in [2.45, 2.75) is 120 Å². The monoisotopic (exact) mass is 436 g/mol. The number of hydrogen-bond acceptors (Lipinski definition) is 0. The van der Waals surface area contributed by atoms with Crippen molar-refractivity contribution in [1.82, 2.24) is 0 Å². The third kappa shape index (κ3) is 6.23. The molecule has 0 aromatic carbocycles. The van der Waals surface area contributed by atoms with Crippen LogP contribution in [0.3, 0.4) is 0 Å². The van der Waals surface area contributed by atoms with Gasteiger partial charge in [0.1, 0.15) is 0 Å². The summed E-state index contributed by atoms with van der Waals surface area (Å²) in [6, 6.07) is 0. The minimum atomic E-state index is 0.385. The number of halogens is 1. The summed E-state index contributed by atoms with van der Waals surface area (Å²) in [6.45, 7) is 2.11. The molecule has 0 aliphatic heterocycles. The number of hydrogen-bond donors (Lipinski definition) is 0. The molecular weight excluding hydrogens is 398 g/mol. The van der Waals surface area contributed by atoms with Gasteiger partial charge in [-0.1, -0.05) is 95.2 Å². The molecule has 0 heterocycles. The highest BCUT2D eigenvalue weighted by molar-refractivity contribution is 14.1. The molecule has 0 atom stereocenters. The van der Waals surface area contributed by atoms with E-state index in [1.54, 1.807) is 77.0 Å². The molecule has 0 aromatic heterocycles. The lowest BCUT2D eigenvalue weighted by molar-refractivity contribution is 0.460. The van der Waals surface area contributed by atoms with E-state index < -0.39 is 0 Å². The van der Waals surface area contributed by atoms with Gasteiger partial charge >= 0.3 is 0 Å². The van der Waals surface area contributed by atoms with E-state index >= 15 is 0 Å². The lowest BCUT2D eigenvalue weighted by atomic mass is 9.99. The fourth-order valence-electron chi connectivity index (χ4n) is 5.03. The van der Waals surface area contributed by atoms with Crippen LogP contribution in [0.1, 0.15) is 103 Å². The molecular formula is C20H38IP. The average Bonchev–Trinajstić information content (AvgIpc) is 2.59. The van der Waals surface area contributed by atoms with E-state index in [-0.39, 0.29) is 0 Å². The molecule has 3 saturated carbocycles. The van der Waals surface area contributed by atoms with E-state index in [2.05, 4.69) is 29.5 Å². The minimum Gasteiger partial charge on any atom is -0.0971 e. The standard InChI is InChI=1S/C18H33P.C2H5I/c1-4-10-16(11-5-1)19(17-12-6-2-7-13-17)18-14-8-3-9-15-18;1-2-3/h16-18H,1-15H2;2H2,1H3. The third-order valence-corrected chi connectivity index (χ3v) is 10.1. The molecule has 0 unspecified atom stereocenters. The Kier molecular flexibility index (Phi) is 10.3. The quantitative estimate of drug-likeness (QED) is 0.240. The van der Waals surface area contributed by atoms with E-state index in [4.69, 9.17) is 0 Å². The van der Waals surface area contributed by atoms with Crippen molar-refractivity contribution >= 4 is 30.5 Å². The first-order valence-corrected chi connectivity index (χ1v) is 13.3. The molecule has 130 valence electrons. The van der Waals surface area contributed by atoms with E-state index in [9.17, 15) is 0 Å². The van der Waals surface area contributed by atoms with Crippen LogP contribution < -0.4 is 0 Å². The van der Waals surface area contributed by atoms with Gasteiger partial charge in [-0.3, -0.25) is 0 Å². The fourth-order valence-corrected chi connectivity index (χ4v) is 9.71. The van der Waals surface area contributed by atoms with Crippen molar-refractivity contribution in [2.24, 2.45) is 0 Å². The second-order valence-electron chi connectivity index (χ2n) is 7.59. The summed E-state index contributed by atoms with van der Waals surface area (Å²) in [5.41, 5.74) is 3.57. The van der Waals surface area contributed by atoms with E-state index in [1.807, 2.05) is 0 Å². The summed E-state index contributed by atoms with van der Waals surface area (Å²) < 4.78 is 1.22. The smallest absolute Gasteiger partial charge is 0.00332 e. The van der Waals surface area contributed by atoms with E-state index in [0.717, 1.165) is 0 Å². The average molecular weight is 436 g/mol. The number of rotatable bonds is 3. The highest BCUT2D eigenvalue weighted by atomic mass is 127. The van der Waals surface area contributed by atoms with Crippen molar-refractivity contribution in [3.8, 4) is 0 Å². The van der Waals surface area contributed by atoms with Crippen LogP contribution in [0.15, 0.2) is 0 Å². The fraction of sp³-hybridized carbons (Fsp3) is 1.00. The van der Waals surface area contributed by atoms with Gasteiger partial charge in [-0.05, 0) is 59.9 Å². The van der Waals surface area contributed by atoms with Gasteiger partial charge in [0.15, 0.2) is 0 Å². The molecule has 0 amide bonds. The van der Waals surface area contributed by atoms with Crippen LogP contribution in [0.25, 0.3) is 0 Å². The van der Waals surface area contributed by atoms with Crippen LogP contribution in [-0.4, -0.2) is 21.4 Å². The lowest BCUT2D eigenvalue weighted by Gasteiger charge is -2.44. The van der Waals surface area contributed by atoms with Crippen LogP contribution >= 0.6 is 30.5 Å². The van der Waals surface area contributed by atoms with Gasteiger partial charge in [0.25, 0.3) is 0 Å². The Balaban J connectivity index is 0.000000545. The predicted molar refractivity (Wildman–Crippen MR) is 112 cm³/mol. The summed E-state index contributed by atoms with van der Waals surface area (Å²) in [5, 5.41) is 0. The van der Waals surface area contributed by atoms with Crippen LogP contribution in [-0.2, 0) is 0 Å². The lowest BCUT2D eigenvalue weighted by Crippen LogP contribution is -2.28. The molecule has 3 fully saturated rings. The van der Waals surface area contributed by atoms with Crippen molar-refractivity contribution < 1.29 is 0 Å². The van der Waals surface area contributed by atoms with Gasteiger partial charge < -0.3 is 0 Å². The van der Waals surface area contributed by atoms with Gasteiger partial charge in [-0.15, -0.1) is 0 Å². The first-order chi connectivity index (χ1) is 10.9. The molecule has 3 aliphatic carbocycles. The van der Waals surface area contributed by atoms with Gasteiger partial charge in [0.2, 0.25) is 0 Å². The topological polar surface area (TPSA) is 0 Å². The predicted octanol–water partition coefficient (Wildman–Crippen LogP) is 7.91. The zero-order valence-electron chi connectivity index (χ0n) is 14.9. The Morgan fingerprint density at radius 2 is 0.818 bits per heavy atom. The molecule has 0 bridgehead atoms. The maximum atomic E-state index is 2.29. The SMILES string of the molecule is C1CCC(P(C2CCCCC2)C2CCCCC2)CC1.CCI. The third-order valence-electron chi connectivity index (χ3n) is 5.99. The summed E-state index contributed by atoms with van der Waals surface area (Å²) in [4.78, 5) is 0. The molecule has 2 heteroatoms. The normalized spacial score (nSPS) is 25.8. The van der Waals surface area contributed by atoms with Crippen LogP contribution in [0.2, 0.25) is 0 Å². The summed E-state index contributed by atoms with van der Waals surface area (Å²) in [6.07, 6.45) is 23.6. The molecule has 0 spiro atoms. The summed E-state index contributed by atoms with van der Waals surface area (Å²) in [5.74, 6) is 0. The Hall–Kier alpha value is 1.16.